The van der Waals surface area contributed by atoms with Crippen LogP contribution in [-0.4, -0.2) is 27.2 Å². The number of amides is 1. The summed E-state index contributed by atoms with van der Waals surface area (Å²) < 4.78 is 19.7. The molecule has 0 aliphatic rings. The molecule has 29 heavy (non-hydrogen) atoms. The first-order chi connectivity index (χ1) is 13.8. The Bertz CT molecular complexity index is 1070. The monoisotopic (exact) mass is 542 g/mol. The molecule has 0 spiro atoms. The molecule has 0 aliphatic heterocycles. The molecule has 1 amide bonds. The number of phenols is 1. The number of hydrogen-bond donors (Lipinski definition) is 2. The third-order valence-electron chi connectivity index (χ3n) is 3.44. The predicted molar refractivity (Wildman–Crippen MR) is 112 cm³/mol. The molecule has 0 saturated carbocycles. The fourth-order valence-corrected chi connectivity index (χ4v) is 3.37. The van der Waals surface area contributed by atoms with Gasteiger partial charge in [0, 0.05) is 5.56 Å². The molecule has 0 atom stereocenters. The second kappa shape index (κ2) is 9.29. The third-order valence-corrected chi connectivity index (χ3v) is 4.83. The van der Waals surface area contributed by atoms with Gasteiger partial charge in [-0.3, -0.25) is 4.79 Å². The van der Waals surface area contributed by atoms with Crippen molar-refractivity contribution in [3.05, 3.63) is 73.8 Å². The summed E-state index contributed by atoms with van der Waals surface area (Å²) in [5.41, 5.74) is 3.34. The summed E-state index contributed by atoms with van der Waals surface area (Å²) in [7, 11) is 0. The zero-order valence-electron chi connectivity index (χ0n) is 14.2. The lowest BCUT2D eigenvalue weighted by Crippen LogP contribution is -2.17. The van der Waals surface area contributed by atoms with Crippen LogP contribution >= 0.6 is 43.5 Å². The Kier molecular flexibility index (Phi) is 6.78. The third kappa shape index (κ3) is 5.49. The van der Waals surface area contributed by atoms with Crippen LogP contribution in [0, 0.1) is 5.82 Å². The zero-order valence-corrected chi connectivity index (χ0v) is 18.2. The molecule has 148 valence electrons. The van der Waals surface area contributed by atoms with Crippen molar-refractivity contribution in [2.45, 2.75) is 0 Å². The number of aromatic nitrogens is 2. The van der Waals surface area contributed by atoms with Gasteiger partial charge in [-0.15, -0.1) is 0 Å². The molecule has 7 nitrogen and oxygen atoms in total. The summed E-state index contributed by atoms with van der Waals surface area (Å²) in [5.74, 6) is -1.16. The van der Waals surface area contributed by atoms with Crippen molar-refractivity contribution in [2.75, 3.05) is 0 Å². The average Bonchev–Trinajstić information content (AvgIpc) is 2.69. The maximum absolute atomic E-state index is 13.6. The van der Waals surface area contributed by atoms with E-state index in [1.54, 1.807) is 24.3 Å². The Morgan fingerprint density at radius 1 is 1.24 bits per heavy atom. The summed E-state index contributed by atoms with van der Waals surface area (Å²) >= 11 is 11.9. The van der Waals surface area contributed by atoms with E-state index in [4.69, 9.17) is 16.3 Å². The molecule has 2 N–H and O–H groups in total. The summed E-state index contributed by atoms with van der Waals surface area (Å²) in [5, 5.41) is 13.4. The molecule has 1 aromatic heterocycles. The number of carbonyl (C=O) groups is 1. The number of ether oxygens (including phenoxy) is 1. The van der Waals surface area contributed by atoms with Gasteiger partial charge in [0.15, 0.2) is 0 Å². The number of nitrogens with zero attached hydrogens (tertiary/aromatic N) is 3. The van der Waals surface area contributed by atoms with E-state index in [9.17, 15) is 14.3 Å². The minimum Gasteiger partial charge on any atom is -0.506 e. The number of halogens is 4. The highest BCUT2D eigenvalue weighted by atomic mass is 79.9. The lowest BCUT2D eigenvalue weighted by Gasteiger charge is -2.06. The average molecular weight is 545 g/mol. The number of hydrazone groups is 1. The second-order valence-electron chi connectivity index (χ2n) is 5.45. The Morgan fingerprint density at radius 2 is 1.90 bits per heavy atom. The lowest BCUT2D eigenvalue weighted by molar-refractivity contribution is 0.0955. The first-order valence-corrected chi connectivity index (χ1v) is 9.77. The van der Waals surface area contributed by atoms with Crippen LogP contribution in [-0.2, 0) is 0 Å². The molecule has 11 heteroatoms. The molecule has 0 unspecified atom stereocenters. The molecule has 0 bridgehead atoms. The number of benzene rings is 2. The molecular formula is C18H10Br2ClFN4O3. The number of phenolic OH excluding ortho intramolecular Hbond substituents is 1. The minimum atomic E-state index is -0.741. The van der Waals surface area contributed by atoms with Gasteiger partial charge in [0.05, 0.1) is 21.4 Å². The zero-order chi connectivity index (χ0) is 21.0. The summed E-state index contributed by atoms with van der Waals surface area (Å²) in [6.45, 7) is 0. The summed E-state index contributed by atoms with van der Waals surface area (Å²) in [6.07, 6.45) is 2.34. The molecular weight excluding hydrogens is 534 g/mol. The molecule has 3 aromatic rings. The second-order valence-corrected chi connectivity index (χ2v) is 7.50. The Hall–Kier alpha value is -2.56. The van der Waals surface area contributed by atoms with E-state index in [0.29, 0.717) is 25.8 Å². The predicted octanol–water partition coefficient (Wildman–Crippen LogP) is 5.06. The van der Waals surface area contributed by atoms with E-state index >= 15 is 0 Å². The molecule has 0 saturated heterocycles. The van der Waals surface area contributed by atoms with Crippen molar-refractivity contribution >= 4 is 55.6 Å². The van der Waals surface area contributed by atoms with Crippen molar-refractivity contribution < 1.29 is 19.0 Å². The fraction of sp³-hybridized carbons (Fsp3) is 0. The molecule has 1 heterocycles. The number of hydrogen-bond acceptors (Lipinski definition) is 6. The van der Waals surface area contributed by atoms with E-state index in [2.05, 4.69) is 52.4 Å². The molecule has 0 radical (unpaired) electrons. The Balaban J connectivity index is 1.63. The van der Waals surface area contributed by atoms with Crippen LogP contribution in [0.15, 0.2) is 56.6 Å². The van der Waals surface area contributed by atoms with Crippen LogP contribution in [0.5, 0.6) is 17.4 Å². The highest BCUT2D eigenvalue weighted by molar-refractivity contribution is 9.11. The fourth-order valence-electron chi connectivity index (χ4n) is 2.06. The SMILES string of the molecule is O=C(NN=Cc1ccc(Oc2nc(Cl)ncc2F)cc1)c1cc(Br)c(O)c(Br)c1. The van der Waals surface area contributed by atoms with Crippen molar-refractivity contribution in [3.8, 4) is 17.4 Å². The van der Waals surface area contributed by atoms with Gasteiger partial charge in [-0.25, -0.2) is 10.4 Å². The maximum atomic E-state index is 13.6. The maximum Gasteiger partial charge on any atom is 0.271 e. The van der Waals surface area contributed by atoms with Gasteiger partial charge in [-0.2, -0.15) is 14.5 Å². The molecule has 3 rings (SSSR count). The van der Waals surface area contributed by atoms with Crippen LogP contribution in [0.2, 0.25) is 5.28 Å². The van der Waals surface area contributed by atoms with Gasteiger partial charge in [0.25, 0.3) is 11.8 Å². The smallest absolute Gasteiger partial charge is 0.271 e. The highest BCUT2D eigenvalue weighted by Crippen LogP contribution is 2.33. The van der Waals surface area contributed by atoms with E-state index < -0.39 is 11.7 Å². The van der Waals surface area contributed by atoms with Crippen LogP contribution in [0.25, 0.3) is 0 Å². The van der Waals surface area contributed by atoms with Crippen molar-refractivity contribution in [1.82, 2.24) is 15.4 Å². The molecule has 0 aliphatic carbocycles. The number of carbonyl (C=O) groups excluding carboxylic acids is 1. The van der Waals surface area contributed by atoms with Gasteiger partial charge in [-0.05, 0) is 85.4 Å². The minimum absolute atomic E-state index is 0.00326. The first-order valence-electron chi connectivity index (χ1n) is 7.81. The first kappa shape index (κ1) is 21.2. The number of rotatable bonds is 5. The standard InChI is InChI=1S/C18H10Br2ClFN4O3/c19-12-5-10(6-13(20)15(12)27)16(28)26-24-7-9-1-3-11(4-2-9)29-17-14(22)8-23-18(21)25-17/h1-8,27H,(H,26,28). The Labute approximate surface area is 185 Å². The quantitative estimate of drug-likeness (QED) is 0.266. The van der Waals surface area contributed by atoms with Crippen LogP contribution < -0.4 is 10.2 Å². The number of aromatic hydroxyl groups is 1. The molecule has 0 fully saturated rings. The van der Waals surface area contributed by atoms with E-state index in [1.165, 1.54) is 18.3 Å². The van der Waals surface area contributed by atoms with Crippen LogP contribution in [0.3, 0.4) is 0 Å². The van der Waals surface area contributed by atoms with Gasteiger partial charge in [-0.1, -0.05) is 0 Å². The van der Waals surface area contributed by atoms with Gasteiger partial charge >= 0.3 is 0 Å². The lowest BCUT2D eigenvalue weighted by atomic mass is 10.2. The number of nitrogens with one attached hydrogen (secondary N) is 1. The van der Waals surface area contributed by atoms with Crippen LogP contribution in [0.4, 0.5) is 4.39 Å². The largest absolute Gasteiger partial charge is 0.506 e. The van der Waals surface area contributed by atoms with E-state index in [1.807, 2.05) is 0 Å². The van der Waals surface area contributed by atoms with Crippen molar-refractivity contribution in [1.29, 1.82) is 0 Å². The summed E-state index contributed by atoms with van der Waals surface area (Å²) in [4.78, 5) is 19.3. The van der Waals surface area contributed by atoms with Crippen molar-refractivity contribution in [2.24, 2.45) is 5.10 Å². The van der Waals surface area contributed by atoms with Crippen molar-refractivity contribution in [3.63, 3.8) is 0 Å². The van der Waals surface area contributed by atoms with E-state index in [0.717, 1.165) is 6.20 Å². The van der Waals surface area contributed by atoms with Crippen LogP contribution in [0.1, 0.15) is 15.9 Å². The van der Waals surface area contributed by atoms with Gasteiger partial charge in [0.1, 0.15) is 11.5 Å². The highest BCUT2D eigenvalue weighted by Gasteiger charge is 2.11. The normalized spacial score (nSPS) is 10.9. The van der Waals surface area contributed by atoms with Gasteiger partial charge < -0.3 is 9.84 Å². The molecule has 2 aromatic carbocycles. The Morgan fingerprint density at radius 3 is 2.55 bits per heavy atom. The topological polar surface area (TPSA) is 96.7 Å². The summed E-state index contributed by atoms with van der Waals surface area (Å²) in [6, 6.07) is 9.39. The van der Waals surface area contributed by atoms with E-state index in [-0.39, 0.29) is 16.9 Å². The van der Waals surface area contributed by atoms with Gasteiger partial charge in [0.2, 0.25) is 11.1 Å².